The van der Waals surface area contributed by atoms with Gasteiger partial charge in [0.05, 0.1) is 0 Å². The molecule has 0 aromatic rings. The van der Waals surface area contributed by atoms with Gasteiger partial charge in [0.25, 0.3) is 0 Å². The van der Waals surface area contributed by atoms with Crippen LogP contribution in [0.5, 0.6) is 0 Å². The molecule has 0 bridgehead atoms. The number of hydrogen-bond donors (Lipinski definition) is 0. The lowest BCUT2D eigenvalue weighted by Gasteiger charge is -2.12. The molecule has 0 aromatic heterocycles. The minimum atomic E-state index is -0.648. The molecular weight excluding hydrogens is 147 g/mol. The average Bonchev–Trinajstić information content (AvgIpc) is 2.06. The van der Waals surface area contributed by atoms with Gasteiger partial charge in [0, 0.05) is 12.4 Å². The van der Waals surface area contributed by atoms with Crippen LogP contribution in [-0.4, -0.2) is 13.1 Å². The van der Waals surface area contributed by atoms with Crippen LogP contribution >= 0.6 is 0 Å². The second-order valence-electron chi connectivity index (χ2n) is 1.87. The minimum Gasteiger partial charge on any atom is -0.504 e. The van der Waals surface area contributed by atoms with Crippen molar-refractivity contribution in [1.29, 1.82) is 0 Å². The number of carbonyl (C=O) groups is 1. The maximum atomic E-state index is 10.6. The second kappa shape index (κ2) is 3.83. The van der Waals surface area contributed by atoms with Crippen molar-refractivity contribution in [2.45, 2.75) is 6.32 Å². The molecule has 5 heteroatoms. The standard InChI is InChI=1S/C6H7BO4/c1-2-6(8)10-7-4-3-5-9-11-7/h2-3,5H,1,4H2. The van der Waals surface area contributed by atoms with Gasteiger partial charge in [-0.1, -0.05) is 6.58 Å². The Hall–Kier alpha value is -1.23. The van der Waals surface area contributed by atoms with Gasteiger partial charge in [-0.05, 0) is 6.08 Å². The topological polar surface area (TPSA) is 44.8 Å². The lowest BCUT2D eigenvalue weighted by atomic mass is 9.85. The molecular formula is C6H7BO4. The van der Waals surface area contributed by atoms with E-state index in [1.807, 2.05) is 0 Å². The lowest BCUT2D eigenvalue weighted by molar-refractivity contribution is -0.178. The highest BCUT2D eigenvalue weighted by atomic mass is 17.2. The first-order valence-corrected chi connectivity index (χ1v) is 3.13. The van der Waals surface area contributed by atoms with E-state index in [1.54, 1.807) is 6.08 Å². The molecule has 0 unspecified atom stereocenters. The summed E-state index contributed by atoms with van der Waals surface area (Å²) >= 11 is 0. The molecule has 0 fully saturated rings. The van der Waals surface area contributed by atoms with E-state index in [0.29, 0.717) is 6.32 Å². The van der Waals surface area contributed by atoms with E-state index in [2.05, 4.69) is 20.9 Å². The highest BCUT2D eigenvalue weighted by Gasteiger charge is 2.24. The molecule has 0 saturated carbocycles. The first-order chi connectivity index (χ1) is 5.33. The molecule has 1 aliphatic heterocycles. The van der Waals surface area contributed by atoms with Gasteiger partial charge in [-0.2, -0.15) is 0 Å². The van der Waals surface area contributed by atoms with Gasteiger partial charge < -0.3 is 9.54 Å². The summed E-state index contributed by atoms with van der Waals surface area (Å²) in [6.07, 6.45) is 4.66. The van der Waals surface area contributed by atoms with Crippen LogP contribution < -0.4 is 0 Å². The summed E-state index contributed by atoms with van der Waals surface area (Å²) in [7, 11) is -0.648. The molecule has 0 aromatic carbocycles. The zero-order valence-corrected chi connectivity index (χ0v) is 5.86. The Kier molecular flexibility index (Phi) is 2.74. The maximum Gasteiger partial charge on any atom is 0.574 e. The second-order valence-corrected chi connectivity index (χ2v) is 1.87. The Labute approximate surface area is 64.5 Å². The summed E-state index contributed by atoms with van der Waals surface area (Å²) in [5.41, 5.74) is 0. The monoisotopic (exact) mass is 154 g/mol. The van der Waals surface area contributed by atoms with Gasteiger partial charge in [-0.3, -0.25) is 0 Å². The zero-order chi connectivity index (χ0) is 8.10. The van der Waals surface area contributed by atoms with Crippen molar-refractivity contribution in [3.05, 3.63) is 25.0 Å². The predicted molar refractivity (Wildman–Crippen MR) is 38.2 cm³/mol. The van der Waals surface area contributed by atoms with Crippen molar-refractivity contribution >= 4 is 13.1 Å². The van der Waals surface area contributed by atoms with Crippen molar-refractivity contribution in [2.24, 2.45) is 0 Å². The Morgan fingerprint density at radius 2 is 2.64 bits per heavy atom. The van der Waals surface area contributed by atoms with E-state index in [1.165, 1.54) is 6.26 Å². The van der Waals surface area contributed by atoms with Crippen LogP contribution in [0.3, 0.4) is 0 Å². The predicted octanol–water partition coefficient (Wildman–Crippen LogP) is 0.679. The molecule has 0 atom stereocenters. The molecule has 4 nitrogen and oxygen atoms in total. The van der Waals surface area contributed by atoms with Crippen LogP contribution in [0.25, 0.3) is 0 Å². The molecule has 1 rings (SSSR count). The maximum absolute atomic E-state index is 10.6. The van der Waals surface area contributed by atoms with Crippen molar-refractivity contribution in [2.75, 3.05) is 0 Å². The quantitative estimate of drug-likeness (QED) is 0.333. The van der Waals surface area contributed by atoms with E-state index in [-0.39, 0.29) is 0 Å². The Morgan fingerprint density at radius 1 is 1.82 bits per heavy atom. The van der Waals surface area contributed by atoms with E-state index in [9.17, 15) is 4.79 Å². The first-order valence-electron chi connectivity index (χ1n) is 3.13. The average molecular weight is 154 g/mol. The van der Waals surface area contributed by atoms with E-state index < -0.39 is 13.1 Å². The summed E-state index contributed by atoms with van der Waals surface area (Å²) in [6.45, 7) is 3.24. The zero-order valence-electron chi connectivity index (χ0n) is 5.86. The molecule has 1 aliphatic rings. The van der Waals surface area contributed by atoms with Gasteiger partial charge in [0.1, 0.15) is 6.26 Å². The molecule has 1 heterocycles. The lowest BCUT2D eigenvalue weighted by Crippen LogP contribution is -2.26. The van der Waals surface area contributed by atoms with Crippen LogP contribution in [0.4, 0.5) is 0 Å². The normalized spacial score (nSPS) is 15.5. The van der Waals surface area contributed by atoms with Gasteiger partial charge in [0.2, 0.25) is 0 Å². The molecule has 0 spiro atoms. The van der Waals surface area contributed by atoms with Crippen LogP contribution in [0.1, 0.15) is 0 Å². The highest BCUT2D eigenvalue weighted by Crippen LogP contribution is 2.05. The molecule has 0 aliphatic carbocycles. The third-order valence-corrected chi connectivity index (χ3v) is 1.06. The number of hydrogen-bond acceptors (Lipinski definition) is 4. The van der Waals surface area contributed by atoms with Crippen molar-refractivity contribution in [1.82, 2.24) is 0 Å². The van der Waals surface area contributed by atoms with Crippen LogP contribution in [-0.2, 0) is 19.1 Å². The number of rotatable bonds is 2. The number of allylic oxidation sites excluding steroid dienone is 1. The molecule has 58 valence electrons. The summed E-state index contributed by atoms with van der Waals surface area (Å²) in [6, 6.07) is 0. The van der Waals surface area contributed by atoms with Crippen LogP contribution in [0.2, 0.25) is 6.32 Å². The fraction of sp³-hybridized carbons (Fsp3) is 0.167. The third kappa shape index (κ3) is 2.47. The van der Waals surface area contributed by atoms with E-state index >= 15 is 0 Å². The van der Waals surface area contributed by atoms with Crippen molar-refractivity contribution < 1.29 is 19.1 Å². The smallest absolute Gasteiger partial charge is 0.504 e. The summed E-state index contributed by atoms with van der Waals surface area (Å²) < 4.78 is 4.69. The van der Waals surface area contributed by atoms with Crippen molar-refractivity contribution in [3.8, 4) is 0 Å². The van der Waals surface area contributed by atoms with Gasteiger partial charge in [-0.25, -0.2) is 9.60 Å². The molecule has 11 heavy (non-hydrogen) atoms. The Morgan fingerprint density at radius 3 is 3.18 bits per heavy atom. The van der Waals surface area contributed by atoms with Crippen molar-refractivity contribution in [3.63, 3.8) is 0 Å². The molecule has 0 amide bonds. The molecule has 0 radical (unpaired) electrons. The summed E-state index contributed by atoms with van der Waals surface area (Å²) in [5.74, 6) is -0.520. The fourth-order valence-corrected chi connectivity index (χ4v) is 0.585. The summed E-state index contributed by atoms with van der Waals surface area (Å²) in [4.78, 5) is 19.6. The largest absolute Gasteiger partial charge is 0.574 e. The third-order valence-electron chi connectivity index (χ3n) is 1.06. The van der Waals surface area contributed by atoms with Crippen LogP contribution in [0.15, 0.2) is 25.0 Å². The fourth-order valence-electron chi connectivity index (χ4n) is 0.585. The first kappa shape index (κ1) is 7.88. The van der Waals surface area contributed by atoms with Gasteiger partial charge in [-0.15, -0.1) is 0 Å². The Balaban J connectivity index is 2.31. The molecule has 0 N–H and O–H groups in total. The number of carbonyl (C=O) groups excluding carboxylic acids is 1. The van der Waals surface area contributed by atoms with Gasteiger partial charge in [0.15, 0.2) is 0 Å². The SMILES string of the molecule is C=CC(=O)OB1CC=COO1. The molecule has 0 saturated heterocycles. The van der Waals surface area contributed by atoms with E-state index in [0.717, 1.165) is 6.08 Å². The van der Waals surface area contributed by atoms with Gasteiger partial charge >= 0.3 is 13.1 Å². The Bertz CT molecular complexity index is 189. The van der Waals surface area contributed by atoms with E-state index in [4.69, 9.17) is 0 Å². The minimum absolute atomic E-state index is 0.500. The summed E-state index contributed by atoms with van der Waals surface area (Å²) in [5, 5.41) is 0. The highest BCUT2D eigenvalue weighted by molar-refractivity contribution is 6.47. The van der Waals surface area contributed by atoms with Crippen LogP contribution in [0, 0.1) is 0 Å².